The van der Waals surface area contributed by atoms with Gasteiger partial charge >= 0.3 is 0 Å². The molecule has 21 heavy (non-hydrogen) atoms. The summed E-state index contributed by atoms with van der Waals surface area (Å²) >= 11 is 1.54. The van der Waals surface area contributed by atoms with Crippen molar-refractivity contribution in [1.29, 1.82) is 0 Å². The Labute approximate surface area is 132 Å². The molecule has 0 bridgehead atoms. The summed E-state index contributed by atoms with van der Waals surface area (Å²) in [5.74, 6) is 7.95. The third-order valence-corrected chi connectivity index (χ3v) is 4.85. The molecule has 0 spiro atoms. The van der Waals surface area contributed by atoms with Crippen LogP contribution in [0.3, 0.4) is 0 Å². The molecule has 1 unspecified atom stereocenters. The van der Waals surface area contributed by atoms with E-state index in [4.69, 9.17) is 5.84 Å². The molecular formula is C15H27N5S. The molecular weight excluding hydrogens is 282 g/mol. The molecule has 0 amide bonds. The molecule has 2 rings (SSSR count). The number of aromatic nitrogens is 2. The first-order valence-corrected chi connectivity index (χ1v) is 8.81. The van der Waals surface area contributed by atoms with Crippen molar-refractivity contribution in [2.45, 2.75) is 45.2 Å². The number of nitrogens with zero attached hydrogens (tertiary/aromatic N) is 3. The first kappa shape index (κ1) is 16.4. The van der Waals surface area contributed by atoms with Crippen LogP contribution in [0.15, 0.2) is 11.2 Å². The summed E-state index contributed by atoms with van der Waals surface area (Å²) in [6, 6.07) is 1.94. The number of hydrogen-bond donors (Lipinski definition) is 2. The van der Waals surface area contributed by atoms with Crippen molar-refractivity contribution in [2.75, 3.05) is 29.7 Å². The second-order valence-corrected chi connectivity index (χ2v) is 7.50. The average Bonchev–Trinajstić information content (AvgIpc) is 2.72. The quantitative estimate of drug-likeness (QED) is 0.387. The van der Waals surface area contributed by atoms with Crippen molar-refractivity contribution >= 4 is 23.4 Å². The standard InChI is InChI=1S/C15H27N5S/c1-15(2,3)11-6-5-8-20(9-7-11)13-10-12(19-16)17-14(18-13)21-4/h10-11H,5-9,16H2,1-4H3,(H,17,18,19). The molecule has 118 valence electrons. The Morgan fingerprint density at radius 3 is 2.67 bits per heavy atom. The summed E-state index contributed by atoms with van der Waals surface area (Å²) in [5, 5.41) is 0.761. The Morgan fingerprint density at radius 2 is 2.05 bits per heavy atom. The second-order valence-electron chi connectivity index (χ2n) is 6.72. The van der Waals surface area contributed by atoms with Gasteiger partial charge in [-0.1, -0.05) is 32.5 Å². The Kier molecular flexibility index (Phi) is 5.32. The molecule has 2 heterocycles. The van der Waals surface area contributed by atoms with Crippen molar-refractivity contribution in [3.8, 4) is 0 Å². The van der Waals surface area contributed by atoms with Crippen LogP contribution in [0.4, 0.5) is 11.6 Å². The summed E-state index contributed by atoms with van der Waals surface area (Å²) in [4.78, 5) is 11.3. The van der Waals surface area contributed by atoms with Gasteiger partial charge in [-0.15, -0.1) is 0 Å². The van der Waals surface area contributed by atoms with Crippen molar-refractivity contribution in [2.24, 2.45) is 17.2 Å². The average molecular weight is 309 g/mol. The minimum atomic E-state index is 0.385. The number of nitrogens with two attached hydrogens (primary N) is 1. The number of anilines is 2. The van der Waals surface area contributed by atoms with Gasteiger partial charge in [-0.2, -0.15) is 0 Å². The molecule has 1 aromatic heterocycles. The number of hydrogen-bond acceptors (Lipinski definition) is 6. The molecule has 1 aromatic rings. The first-order chi connectivity index (χ1) is 9.94. The van der Waals surface area contributed by atoms with E-state index in [0.717, 1.165) is 30.0 Å². The van der Waals surface area contributed by atoms with Gasteiger partial charge in [-0.3, -0.25) is 0 Å². The largest absolute Gasteiger partial charge is 0.356 e. The van der Waals surface area contributed by atoms with Gasteiger partial charge in [-0.05, 0) is 36.9 Å². The van der Waals surface area contributed by atoms with Crippen molar-refractivity contribution in [3.05, 3.63) is 6.07 Å². The zero-order valence-corrected chi connectivity index (χ0v) is 14.3. The van der Waals surface area contributed by atoms with Gasteiger partial charge in [-0.25, -0.2) is 15.8 Å². The van der Waals surface area contributed by atoms with Gasteiger partial charge in [0.15, 0.2) is 5.16 Å². The van der Waals surface area contributed by atoms with Crippen molar-refractivity contribution in [3.63, 3.8) is 0 Å². The normalized spacial score (nSPS) is 20.2. The Balaban J connectivity index is 2.15. The van der Waals surface area contributed by atoms with E-state index in [9.17, 15) is 0 Å². The molecule has 0 aliphatic carbocycles. The summed E-state index contributed by atoms with van der Waals surface area (Å²) in [6.45, 7) is 9.15. The van der Waals surface area contributed by atoms with Crippen LogP contribution in [0.1, 0.15) is 40.0 Å². The molecule has 3 N–H and O–H groups in total. The van der Waals surface area contributed by atoms with Crippen molar-refractivity contribution < 1.29 is 0 Å². The Bertz CT molecular complexity index is 449. The van der Waals surface area contributed by atoms with Crippen LogP contribution >= 0.6 is 11.8 Å². The fraction of sp³-hybridized carbons (Fsp3) is 0.733. The van der Waals surface area contributed by atoms with Crippen LogP contribution in [0.5, 0.6) is 0 Å². The number of rotatable bonds is 3. The number of hydrazine groups is 1. The van der Waals surface area contributed by atoms with Gasteiger partial charge in [0.25, 0.3) is 0 Å². The van der Waals surface area contributed by atoms with Gasteiger partial charge in [0.1, 0.15) is 11.6 Å². The topological polar surface area (TPSA) is 67.1 Å². The van der Waals surface area contributed by atoms with E-state index in [1.165, 1.54) is 19.3 Å². The maximum absolute atomic E-state index is 5.51. The number of thioether (sulfide) groups is 1. The van der Waals surface area contributed by atoms with Crippen LogP contribution in [-0.4, -0.2) is 29.3 Å². The van der Waals surface area contributed by atoms with Crippen LogP contribution in [0.2, 0.25) is 0 Å². The molecule has 5 nitrogen and oxygen atoms in total. The summed E-state index contributed by atoms with van der Waals surface area (Å²) in [5.41, 5.74) is 3.02. The van der Waals surface area contributed by atoms with E-state index in [2.05, 4.69) is 41.1 Å². The molecule has 1 atom stereocenters. The van der Waals surface area contributed by atoms with Gasteiger partial charge in [0, 0.05) is 19.2 Å². The third kappa shape index (κ3) is 4.23. The summed E-state index contributed by atoms with van der Waals surface area (Å²) < 4.78 is 0. The van der Waals surface area contributed by atoms with E-state index in [1.54, 1.807) is 11.8 Å². The monoisotopic (exact) mass is 309 g/mol. The molecule has 0 aromatic carbocycles. The van der Waals surface area contributed by atoms with Gasteiger partial charge in [0.2, 0.25) is 0 Å². The lowest BCUT2D eigenvalue weighted by Gasteiger charge is -2.30. The zero-order valence-electron chi connectivity index (χ0n) is 13.5. The fourth-order valence-electron chi connectivity index (χ4n) is 2.93. The highest BCUT2D eigenvalue weighted by Gasteiger charge is 2.27. The minimum absolute atomic E-state index is 0.385. The lowest BCUT2D eigenvalue weighted by Crippen LogP contribution is -2.27. The van der Waals surface area contributed by atoms with Gasteiger partial charge < -0.3 is 10.3 Å². The highest BCUT2D eigenvalue weighted by Crippen LogP contribution is 2.35. The van der Waals surface area contributed by atoms with E-state index < -0.39 is 0 Å². The molecule has 1 fully saturated rings. The third-order valence-electron chi connectivity index (χ3n) is 4.30. The number of nitrogen functional groups attached to an aromatic ring is 1. The maximum Gasteiger partial charge on any atom is 0.191 e. The van der Waals surface area contributed by atoms with Crippen LogP contribution in [-0.2, 0) is 0 Å². The highest BCUT2D eigenvalue weighted by atomic mass is 32.2. The first-order valence-electron chi connectivity index (χ1n) is 7.58. The highest BCUT2D eigenvalue weighted by molar-refractivity contribution is 7.98. The van der Waals surface area contributed by atoms with E-state index >= 15 is 0 Å². The van der Waals surface area contributed by atoms with E-state index in [1.807, 2.05) is 12.3 Å². The van der Waals surface area contributed by atoms with Crippen LogP contribution in [0.25, 0.3) is 0 Å². The summed E-state index contributed by atoms with van der Waals surface area (Å²) in [7, 11) is 0. The molecule has 1 aliphatic rings. The Morgan fingerprint density at radius 1 is 1.29 bits per heavy atom. The van der Waals surface area contributed by atoms with E-state index in [0.29, 0.717) is 11.2 Å². The Hall–Kier alpha value is -1.01. The molecule has 0 radical (unpaired) electrons. The molecule has 1 aliphatic heterocycles. The SMILES string of the molecule is CSc1nc(NN)cc(N2CCCC(C(C)(C)C)CC2)n1. The maximum atomic E-state index is 5.51. The zero-order chi connectivity index (χ0) is 15.5. The minimum Gasteiger partial charge on any atom is -0.356 e. The molecule has 0 saturated carbocycles. The summed E-state index contributed by atoms with van der Waals surface area (Å²) in [6.07, 6.45) is 5.71. The molecule has 1 saturated heterocycles. The predicted octanol–water partition coefficient (Wildman–Crippen LogP) is 3.14. The second kappa shape index (κ2) is 6.83. The lowest BCUT2D eigenvalue weighted by molar-refractivity contribution is 0.220. The predicted molar refractivity (Wildman–Crippen MR) is 90.6 cm³/mol. The number of nitrogens with one attached hydrogen (secondary N) is 1. The van der Waals surface area contributed by atoms with E-state index in [-0.39, 0.29) is 0 Å². The van der Waals surface area contributed by atoms with Crippen LogP contribution < -0.4 is 16.2 Å². The smallest absolute Gasteiger partial charge is 0.191 e. The van der Waals surface area contributed by atoms with Gasteiger partial charge in [0.05, 0.1) is 0 Å². The lowest BCUT2D eigenvalue weighted by atomic mass is 9.77. The molecule has 6 heteroatoms. The van der Waals surface area contributed by atoms with Crippen LogP contribution in [0, 0.1) is 11.3 Å². The fourth-order valence-corrected chi connectivity index (χ4v) is 3.31. The van der Waals surface area contributed by atoms with Crippen molar-refractivity contribution in [1.82, 2.24) is 9.97 Å².